The fraction of sp³-hybridized carbons (Fsp3) is 0.417. The van der Waals surface area contributed by atoms with E-state index in [9.17, 15) is 0 Å². The van der Waals surface area contributed by atoms with Crippen LogP contribution in [0.3, 0.4) is 0 Å². The highest BCUT2D eigenvalue weighted by atomic mass is 14.7. The van der Waals surface area contributed by atoms with Crippen LogP contribution in [0.25, 0.3) is 5.57 Å². The molecular formula is C12H15N. The number of nitrogens with zero attached hydrogens (tertiary/aromatic N) is 1. The molecule has 0 unspecified atom stereocenters. The van der Waals surface area contributed by atoms with Gasteiger partial charge in [0.25, 0.3) is 0 Å². The summed E-state index contributed by atoms with van der Waals surface area (Å²) in [6, 6.07) is 4.20. The molecule has 0 fully saturated rings. The third-order valence-electron chi connectivity index (χ3n) is 2.65. The minimum absolute atomic E-state index is 1.12. The Kier molecular flexibility index (Phi) is 2.44. The van der Waals surface area contributed by atoms with Gasteiger partial charge in [0.1, 0.15) is 0 Å². The summed E-state index contributed by atoms with van der Waals surface area (Å²) in [5.74, 6) is 0. The van der Waals surface area contributed by atoms with Crippen molar-refractivity contribution in [1.82, 2.24) is 4.98 Å². The first kappa shape index (κ1) is 8.49. The number of rotatable bonds is 0. The Morgan fingerprint density at radius 2 is 2.00 bits per heavy atom. The van der Waals surface area contributed by atoms with E-state index in [1.807, 2.05) is 12.3 Å². The zero-order valence-corrected chi connectivity index (χ0v) is 7.92. The number of hydrogen-bond donors (Lipinski definition) is 0. The Hall–Kier alpha value is -1.11. The zero-order valence-electron chi connectivity index (χ0n) is 7.92. The molecule has 1 heterocycles. The molecule has 0 atom stereocenters. The van der Waals surface area contributed by atoms with Crippen molar-refractivity contribution in [1.29, 1.82) is 0 Å². The Labute approximate surface area is 79.5 Å². The lowest BCUT2D eigenvalue weighted by Crippen LogP contribution is -2.00. The highest BCUT2D eigenvalue weighted by molar-refractivity contribution is 5.63. The van der Waals surface area contributed by atoms with Crippen LogP contribution in [0, 0.1) is 0 Å². The lowest BCUT2D eigenvalue weighted by Gasteiger charge is -2.14. The van der Waals surface area contributed by atoms with Crippen molar-refractivity contribution in [2.45, 2.75) is 32.1 Å². The Balaban J connectivity index is 2.37. The molecule has 13 heavy (non-hydrogen) atoms. The van der Waals surface area contributed by atoms with Crippen LogP contribution in [0.5, 0.6) is 0 Å². The average molecular weight is 173 g/mol. The van der Waals surface area contributed by atoms with E-state index in [0.29, 0.717) is 0 Å². The maximum absolute atomic E-state index is 4.40. The van der Waals surface area contributed by atoms with E-state index in [2.05, 4.69) is 17.6 Å². The van der Waals surface area contributed by atoms with Gasteiger partial charge in [0.2, 0.25) is 0 Å². The van der Waals surface area contributed by atoms with E-state index in [1.54, 1.807) is 0 Å². The Morgan fingerprint density at radius 1 is 1.15 bits per heavy atom. The highest BCUT2D eigenvalue weighted by Gasteiger charge is 2.09. The van der Waals surface area contributed by atoms with Gasteiger partial charge in [0, 0.05) is 6.20 Å². The third-order valence-corrected chi connectivity index (χ3v) is 2.65. The van der Waals surface area contributed by atoms with Gasteiger partial charge in [-0.05, 0) is 42.9 Å². The number of aryl methyl sites for hydroxylation is 1. The van der Waals surface area contributed by atoms with Gasteiger partial charge in [-0.25, -0.2) is 0 Å². The summed E-state index contributed by atoms with van der Waals surface area (Å²) in [5.41, 5.74) is 3.75. The molecule has 0 aromatic carbocycles. The monoisotopic (exact) mass is 173 g/mol. The first-order valence-electron chi connectivity index (χ1n) is 5.00. The molecule has 0 radical (unpaired) electrons. The second kappa shape index (κ2) is 3.73. The fourth-order valence-corrected chi connectivity index (χ4v) is 1.91. The first-order valence-corrected chi connectivity index (χ1v) is 5.00. The SMILES string of the molecule is C=C1CCCCCc2cccnc21. The largest absolute Gasteiger partial charge is 0.256 e. The van der Waals surface area contributed by atoms with Crippen LogP contribution in [0.1, 0.15) is 36.9 Å². The molecule has 1 heteroatoms. The molecule has 2 rings (SSSR count). The van der Waals surface area contributed by atoms with Crippen LogP contribution in [0.15, 0.2) is 24.9 Å². The van der Waals surface area contributed by atoms with Crippen LogP contribution in [-0.2, 0) is 6.42 Å². The third kappa shape index (κ3) is 1.80. The van der Waals surface area contributed by atoms with E-state index < -0.39 is 0 Å². The van der Waals surface area contributed by atoms with Crippen LogP contribution in [0.4, 0.5) is 0 Å². The van der Waals surface area contributed by atoms with Gasteiger partial charge in [0.05, 0.1) is 5.69 Å². The quantitative estimate of drug-likeness (QED) is 0.587. The second-order valence-corrected chi connectivity index (χ2v) is 3.68. The summed E-state index contributed by atoms with van der Waals surface area (Å²) in [6.45, 7) is 4.09. The number of allylic oxidation sites excluding steroid dienone is 1. The molecule has 1 nitrogen and oxygen atoms in total. The number of aromatic nitrogens is 1. The highest BCUT2D eigenvalue weighted by Crippen LogP contribution is 2.25. The molecule has 0 bridgehead atoms. The second-order valence-electron chi connectivity index (χ2n) is 3.68. The van der Waals surface area contributed by atoms with Gasteiger partial charge >= 0.3 is 0 Å². The predicted octanol–water partition coefficient (Wildman–Crippen LogP) is 3.21. The fourth-order valence-electron chi connectivity index (χ4n) is 1.91. The van der Waals surface area contributed by atoms with Gasteiger partial charge in [-0.1, -0.05) is 19.1 Å². The maximum Gasteiger partial charge on any atom is 0.0687 e. The van der Waals surface area contributed by atoms with Crippen molar-refractivity contribution in [2.24, 2.45) is 0 Å². The standard InChI is InChI=1S/C12H15N/c1-10-6-3-2-4-7-11-8-5-9-13-12(10)11/h5,8-9H,1-4,6-7H2. The molecule has 0 N–H and O–H groups in total. The molecule has 0 saturated heterocycles. The molecule has 1 aromatic heterocycles. The zero-order chi connectivity index (χ0) is 9.10. The minimum Gasteiger partial charge on any atom is -0.256 e. The van der Waals surface area contributed by atoms with E-state index in [1.165, 1.54) is 36.8 Å². The summed E-state index contributed by atoms with van der Waals surface area (Å²) >= 11 is 0. The molecule has 1 aliphatic rings. The smallest absolute Gasteiger partial charge is 0.0687 e. The van der Waals surface area contributed by atoms with Gasteiger partial charge in [-0.2, -0.15) is 0 Å². The number of pyridine rings is 1. The molecule has 0 saturated carbocycles. The van der Waals surface area contributed by atoms with Crippen LogP contribution in [0.2, 0.25) is 0 Å². The Bertz CT molecular complexity index is 315. The van der Waals surface area contributed by atoms with Gasteiger partial charge < -0.3 is 0 Å². The first-order chi connectivity index (χ1) is 6.38. The van der Waals surface area contributed by atoms with Crippen molar-refractivity contribution in [3.05, 3.63) is 36.2 Å². The van der Waals surface area contributed by atoms with Gasteiger partial charge in [-0.15, -0.1) is 0 Å². The molecule has 0 aliphatic heterocycles. The molecular weight excluding hydrogens is 158 g/mol. The molecule has 68 valence electrons. The normalized spacial score (nSPS) is 17.4. The van der Waals surface area contributed by atoms with Crippen molar-refractivity contribution < 1.29 is 0 Å². The Morgan fingerprint density at radius 3 is 2.92 bits per heavy atom. The van der Waals surface area contributed by atoms with Crippen molar-refractivity contribution >= 4 is 5.57 Å². The minimum atomic E-state index is 1.12. The van der Waals surface area contributed by atoms with E-state index in [0.717, 1.165) is 12.1 Å². The number of fused-ring (bicyclic) bond motifs is 1. The van der Waals surface area contributed by atoms with Crippen molar-refractivity contribution in [3.8, 4) is 0 Å². The van der Waals surface area contributed by atoms with Gasteiger partial charge in [0.15, 0.2) is 0 Å². The van der Waals surface area contributed by atoms with E-state index in [4.69, 9.17) is 0 Å². The summed E-state index contributed by atoms with van der Waals surface area (Å²) in [4.78, 5) is 4.40. The summed E-state index contributed by atoms with van der Waals surface area (Å²) in [7, 11) is 0. The lowest BCUT2D eigenvalue weighted by molar-refractivity contribution is 0.677. The lowest BCUT2D eigenvalue weighted by atomic mass is 9.94. The van der Waals surface area contributed by atoms with Crippen molar-refractivity contribution in [2.75, 3.05) is 0 Å². The van der Waals surface area contributed by atoms with E-state index >= 15 is 0 Å². The van der Waals surface area contributed by atoms with Gasteiger partial charge in [-0.3, -0.25) is 4.98 Å². The van der Waals surface area contributed by atoms with E-state index in [-0.39, 0.29) is 0 Å². The van der Waals surface area contributed by atoms with Crippen LogP contribution in [-0.4, -0.2) is 4.98 Å². The van der Waals surface area contributed by atoms with Crippen LogP contribution < -0.4 is 0 Å². The molecule has 0 spiro atoms. The van der Waals surface area contributed by atoms with Crippen molar-refractivity contribution in [3.63, 3.8) is 0 Å². The average Bonchev–Trinajstić information content (AvgIpc) is 2.14. The molecule has 1 aliphatic carbocycles. The predicted molar refractivity (Wildman–Crippen MR) is 55.4 cm³/mol. The molecule has 0 amide bonds. The maximum atomic E-state index is 4.40. The summed E-state index contributed by atoms with van der Waals surface area (Å²) < 4.78 is 0. The van der Waals surface area contributed by atoms with Crippen LogP contribution >= 0.6 is 0 Å². The number of hydrogen-bond acceptors (Lipinski definition) is 1. The summed E-state index contributed by atoms with van der Waals surface area (Å²) in [6.07, 6.45) is 8.05. The molecule has 1 aromatic rings. The topological polar surface area (TPSA) is 12.9 Å². The summed E-state index contributed by atoms with van der Waals surface area (Å²) in [5, 5.41) is 0.